The summed E-state index contributed by atoms with van der Waals surface area (Å²) in [6.45, 7) is 0. The highest BCUT2D eigenvalue weighted by molar-refractivity contribution is 14.2. The lowest BCUT2D eigenvalue weighted by Gasteiger charge is -2.32. The van der Waals surface area contributed by atoms with Gasteiger partial charge in [0.1, 0.15) is 21.9 Å². The normalized spacial score (nSPS) is 25.7. The molecular formula is C11H14FIN4O3S2. The van der Waals surface area contributed by atoms with E-state index in [1.54, 1.807) is 7.05 Å². The van der Waals surface area contributed by atoms with Crippen molar-refractivity contribution >= 4 is 57.3 Å². The van der Waals surface area contributed by atoms with Gasteiger partial charge in [0.15, 0.2) is 0 Å². The lowest BCUT2D eigenvalue weighted by molar-refractivity contribution is -0.105. The summed E-state index contributed by atoms with van der Waals surface area (Å²) in [7, 11) is -0.529. The molecule has 1 amide bonds. The molecular weight excluding hydrogens is 446 g/mol. The number of rotatable bonds is 4. The van der Waals surface area contributed by atoms with Gasteiger partial charge in [-0.15, -0.1) is 0 Å². The molecule has 0 radical (unpaired) electrons. The molecule has 4 N–H and O–H groups in total. The third-order valence-electron chi connectivity index (χ3n) is 3.03. The van der Waals surface area contributed by atoms with Crippen LogP contribution in [0.2, 0.25) is 0 Å². The molecule has 0 saturated carbocycles. The average Bonchev–Trinajstić information content (AvgIpc) is 2.51. The Kier molecular flexibility index (Phi) is 6.43. The maximum absolute atomic E-state index is 14.1. The van der Waals surface area contributed by atoms with Crippen LogP contribution in [0.1, 0.15) is 11.6 Å². The summed E-state index contributed by atoms with van der Waals surface area (Å²) < 4.78 is 32.6. The van der Waals surface area contributed by atoms with Crippen molar-refractivity contribution in [2.24, 2.45) is 5.90 Å². The van der Waals surface area contributed by atoms with Crippen LogP contribution in [0.4, 0.5) is 10.1 Å². The summed E-state index contributed by atoms with van der Waals surface area (Å²) >= 11 is 1.96. The molecule has 1 aliphatic rings. The number of hydrogen-bond acceptors (Lipinski definition) is 4. The maximum atomic E-state index is 14.1. The number of nitrogens with one attached hydrogen (secondary N) is 2. The third-order valence-corrected chi connectivity index (χ3v) is 7.30. The number of anilines is 1. The van der Waals surface area contributed by atoms with Crippen LogP contribution in [-0.2, 0) is 20.1 Å². The first kappa shape index (κ1) is 17.9. The Morgan fingerprint density at radius 3 is 3.05 bits per heavy atom. The number of benzene rings is 1. The van der Waals surface area contributed by atoms with E-state index in [9.17, 15) is 13.4 Å². The van der Waals surface area contributed by atoms with Crippen molar-refractivity contribution in [3.8, 4) is 0 Å². The Morgan fingerprint density at radius 2 is 2.41 bits per heavy atom. The van der Waals surface area contributed by atoms with Gasteiger partial charge < -0.3 is 5.32 Å². The SMILES string of the molecule is CN1/C(=S(\I)ON)NC(c2cc(NC=O)ccc2F)CS1=O. The van der Waals surface area contributed by atoms with Crippen molar-refractivity contribution in [2.75, 3.05) is 18.1 Å². The van der Waals surface area contributed by atoms with Gasteiger partial charge in [-0.1, -0.05) is 0 Å². The van der Waals surface area contributed by atoms with Crippen LogP contribution in [-0.4, -0.2) is 32.8 Å². The average molecular weight is 460 g/mol. The first-order valence-electron chi connectivity index (χ1n) is 6.01. The van der Waals surface area contributed by atoms with E-state index in [0.29, 0.717) is 22.8 Å². The molecule has 0 aliphatic carbocycles. The van der Waals surface area contributed by atoms with Gasteiger partial charge in [0.2, 0.25) is 6.41 Å². The van der Waals surface area contributed by atoms with Crippen molar-refractivity contribution in [3.63, 3.8) is 0 Å². The van der Waals surface area contributed by atoms with Gasteiger partial charge >= 0.3 is 0 Å². The summed E-state index contributed by atoms with van der Waals surface area (Å²) in [5, 5.41) is 6.09. The number of nitrogens with zero attached hydrogens (tertiary/aromatic N) is 1. The monoisotopic (exact) mass is 460 g/mol. The molecule has 3 atom stereocenters. The van der Waals surface area contributed by atoms with Crippen molar-refractivity contribution < 1.29 is 17.7 Å². The Hall–Kier alpha value is -0.440. The molecule has 1 aliphatic heterocycles. The molecule has 1 fully saturated rings. The molecule has 1 saturated heterocycles. The summed E-state index contributed by atoms with van der Waals surface area (Å²) in [6.07, 6.45) is 0.513. The van der Waals surface area contributed by atoms with Crippen LogP contribution < -0.4 is 16.5 Å². The minimum absolute atomic E-state index is 0.194. The number of hydrogen-bond donors (Lipinski definition) is 3. The zero-order chi connectivity index (χ0) is 16.3. The predicted octanol–water partition coefficient (Wildman–Crippen LogP) is 1.15. The minimum atomic E-state index is -1.34. The summed E-state index contributed by atoms with van der Waals surface area (Å²) in [4.78, 5) is 10.5. The van der Waals surface area contributed by atoms with Gasteiger partial charge in [0, 0.05) is 39.5 Å². The lowest BCUT2D eigenvalue weighted by atomic mass is 10.1. The van der Waals surface area contributed by atoms with Crippen LogP contribution >= 0.6 is 29.1 Å². The zero-order valence-electron chi connectivity index (χ0n) is 11.4. The summed E-state index contributed by atoms with van der Waals surface area (Å²) in [5.41, 5.74) is 0.777. The molecule has 1 aromatic carbocycles. The number of carbonyl (C=O) groups excluding carboxylic acids is 1. The van der Waals surface area contributed by atoms with E-state index in [0.717, 1.165) is 0 Å². The van der Waals surface area contributed by atoms with Crippen molar-refractivity contribution in [1.29, 1.82) is 0 Å². The quantitative estimate of drug-likeness (QED) is 0.271. The largest absolute Gasteiger partial charge is 0.329 e. The molecule has 22 heavy (non-hydrogen) atoms. The number of carbonyl (C=O) groups is 1. The Morgan fingerprint density at radius 1 is 1.68 bits per heavy atom. The van der Waals surface area contributed by atoms with E-state index in [2.05, 4.69) is 10.6 Å². The fourth-order valence-electron chi connectivity index (χ4n) is 1.96. The molecule has 7 nitrogen and oxygen atoms in total. The second-order valence-corrected chi connectivity index (χ2v) is 9.26. The third kappa shape index (κ3) is 3.90. The van der Waals surface area contributed by atoms with E-state index in [1.165, 1.54) is 22.5 Å². The summed E-state index contributed by atoms with van der Waals surface area (Å²) in [6, 6.07) is 3.71. The van der Waals surface area contributed by atoms with Crippen LogP contribution in [0, 0.1) is 5.82 Å². The smallest absolute Gasteiger partial charge is 0.211 e. The van der Waals surface area contributed by atoms with Crippen molar-refractivity contribution in [3.05, 3.63) is 29.6 Å². The molecule has 0 aromatic heterocycles. The second-order valence-electron chi connectivity index (χ2n) is 4.31. The van der Waals surface area contributed by atoms with Crippen LogP contribution in [0.15, 0.2) is 18.2 Å². The van der Waals surface area contributed by atoms with Gasteiger partial charge in [-0.2, -0.15) is 4.31 Å². The fraction of sp³-hybridized carbons (Fsp3) is 0.273. The molecule has 122 valence electrons. The Labute approximate surface area is 144 Å². The van der Waals surface area contributed by atoms with Crippen LogP contribution in [0.3, 0.4) is 0 Å². The topological polar surface area (TPSA) is 96.7 Å². The highest BCUT2D eigenvalue weighted by Crippen LogP contribution is 2.31. The van der Waals surface area contributed by atoms with E-state index in [4.69, 9.17) is 10.2 Å². The predicted molar refractivity (Wildman–Crippen MR) is 94.6 cm³/mol. The highest BCUT2D eigenvalue weighted by atomic mass is 127. The standard InChI is InChI=1S/C11H14FIN4O3S2/c1-17-11(22(13)20-14)16-10(5-21(17)19)8-4-7(15-6-18)2-3-9(8)12/h2-4,6,10,16H,5,14H2,1H3,(H,15,18). The van der Waals surface area contributed by atoms with E-state index in [1.807, 2.05) is 21.2 Å². The molecule has 3 unspecified atom stereocenters. The number of amides is 1. The highest BCUT2D eigenvalue weighted by Gasteiger charge is 2.31. The minimum Gasteiger partial charge on any atom is -0.329 e. The summed E-state index contributed by atoms with van der Waals surface area (Å²) in [5.74, 6) is 4.93. The first-order chi connectivity index (χ1) is 10.5. The van der Waals surface area contributed by atoms with Gasteiger partial charge in [-0.05, 0) is 18.2 Å². The molecule has 1 heterocycles. The molecule has 11 heteroatoms. The van der Waals surface area contributed by atoms with Crippen molar-refractivity contribution in [1.82, 2.24) is 9.62 Å². The molecule has 0 bridgehead atoms. The maximum Gasteiger partial charge on any atom is 0.211 e. The van der Waals surface area contributed by atoms with E-state index in [-0.39, 0.29) is 5.75 Å². The van der Waals surface area contributed by atoms with E-state index >= 15 is 0 Å². The van der Waals surface area contributed by atoms with E-state index < -0.39 is 30.8 Å². The second kappa shape index (κ2) is 7.90. The molecule has 0 spiro atoms. The Balaban J connectivity index is 2.38. The number of halogens is 2. The zero-order valence-corrected chi connectivity index (χ0v) is 15.2. The van der Waals surface area contributed by atoms with Crippen molar-refractivity contribution in [2.45, 2.75) is 6.04 Å². The molecule has 2 rings (SSSR count). The first-order valence-corrected chi connectivity index (χ1v) is 11.0. The van der Waals surface area contributed by atoms with Gasteiger partial charge in [-0.3, -0.25) is 10.1 Å². The van der Waals surface area contributed by atoms with Crippen LogP contribution in [0.5, 0.6) is 0 Å². The van der Waals surface area contributed by atoms with Gasteiger partial charge in [0.25, 0.3) is 0 Å². The lowest BCUT2D eigenvalue weighted by Crippen LogP contribution is -2.49. The van der Waals surface area contributed by atoms with Gasteiger partial charge in [0.05, 0.1) is 19.7 Å². The Bertz CT molecular complexity index is 646. The van der Waals surface area contributed by atoms with Gasteiger partial charge in [-0.25, -0.2) is 18.8 Å². The van der Waals surface area contributed by atoms with Crippen LogP contribution in [0.25, 0.3) is 0 Å². The molecule has 1 aromatic rings. The number of nitrogens with two attached hydrogens (primary N) is 1. The fourth-order valence-corrected chi connectivity index (χ4v) is 5.62.